The summed E-state index contributed by atoms with van der Waals surface area (Å²) in [6.45, 7) is 0.761. The highest BCUT2D eigenvalue weighted by Gasteiger charge is 2.22. The van der Waals surface area contributed by atoms with Crippen LogP contribution in [-0.4, -0.2) is 18.9 Å². The van der Waals surface area contributed by atoms with Gasteiger partial charge >= 0.3 is 0 Å². The first-order valence-corrected chi connectivity index (χ1v) is 11.6. The topological polar surface area (TPSA) is 76.7 Å². The number of hydrogen-bond acceptors (Lipinski definition) is 4. The fourth-order valence-corrected chi connectivity index (χ4v) is 4.14. The molecule has 0 spiro atoms. The Morgan fingerprint density at radius 2 is 1.65 bits per heavy atom. The van der Waals surface area contributed by atoms with E-state index < -0.39 is 0 Å². The number of methoxy groups -OCH3 is 1. The van der Waals surface area contributed by atoms with Gasteiger partial charge in [-0.25, -0.2) is 0 Å². The van der Waals surface area contributed by atoms with Crippen molar-refractivity contribution in [3.63, 3.8) is 0 Å². The minimum atomic E-state index is -0.215. The van der Waals surface area contributed by atoms with Gasteiger partial charge in [-0.15, -0.1) is 0 Å². The Balaban J connectivity index is 1.34. The van der Waals surface area contributed by atoms with Crippen LogP contribution in [0.25, 0.3) is 0 Å². The molecule has 3 aromatic carbocycles. The second-order valence-electron chi connectivity index (χ2n) is 8.49. The molecule has 0 atom stereocenters. The van der Waals surface area contributed by atoms with Gasteiger partial charge in [0.15, 0.2) is 11.5 Å². The summed E-state index contributed by atoms with van der Waals surface area (Å²) in [5.41, 5.74) is 3.19. The highest BCUT2D eigenvalue weighted by atomic mass is 16.5. The van der Waals surface area contributed by atoms with Crippen LogP contribution in [0, 0.1) is 5.92 Å². The first-order valence-electron chi connectivity index (χ1n) is 11.6. The van der Waals surface area contributed by atoms with Crippen LogP contribution in [-0.2, 0) is 17.9 Å². The van der Waals surface area contributed by atoms with Crippen molar-refractivity contribution in [2.75, 3.05) is 12.4 Å². The molecule has 176 valence electrons. The van der Waals surface area contributed by atoms with Crippen molar-refractivity contribution in [2.45, 2.75) is 38.8 Å². The van der Waals surface area contributed by atoms with Crippen LogP contribution in [0.4, 0.5) is 5.69 Å². The zero-order chi connectivity index (χ0) is 23.8. The lowest BCUT2D eigenvalue weighted by Gasteiger charge is -2.13. The molecule has 2 N–H and O–H groups in total. The molecule has 1 aliphatic carbocycles. The summed E-state index contributed by atoms with van der Waals surface area (Å²) in [5, 5.41) is 5.94. The molecule has 1 fully saturated rings. The van der Waals surface area contributed by atoms with Gasteiger partial charge in [-0.05, 0) is 54.3 Å². The van der Waals surface area contributed by atoms with Crippen LogP contribution < -0.4 is 20.1 Å². The molecule has 0 heterocycles. The average Bonchev–Trinajstić information content (AvgIpc) is 3.42. The molecule has 0 bridgehead atoms. The summed E-state index contributed by atoms with van der Waals surface area (Å²) in [5.74, 6) is 1.06. The number of rotatable bonds is 9. The first kappa shape index (κ1) is 23.4. The van der Waals surface area contributed by atoms with Gasteiger partial charge in [-0.3, -0.25) is 9.59 Å². The molecule has 2 amide bonds. The van der Waals surface area contributed by atoms with E-state index in [1.165, 1.54) is 0 Å². The number of hydrogen-bond donors (Lipinski definition) is 2. The van der Waals surface area contributed by atoms with Crippen molar-refractivity contribution in [2.24, 2.45) is 5.92 Å². The van der Waals surface area contributed by atoms with Crippen LogP contribution in [0.3, 0.4) is 0 Å². The maximum absolute atomic E-state index is 12.7. The van der Waals surface area contributed by atoms with Crippen molar-refractivity contribution in [1.82, 2.24) is 5.32 Å². The predicted molar refractivity (Wildman–Crippen MR) is 132 cm³/mol. The van der Waals surface area contributed by atoms with E-state index in [0.29, 0.717) is 30.2 Å². The first-order chi connectivity index (χ1) is 16.6. The molecule has 0 saturated heterocycles. The summed E-state index contributed by atoms with van der Waals surface area (Å²) in [4.78, 5) is 25.1. The Morgan fingerprint density at radius 3 is 2.41 bits per heavy atom. The van der Waals surface area contributed by atoms with E-state index in [0.717, 1.165) is 42.5 Å². The summed E-state index contributed by atoms with van der Waals surface area (Å²) < 4.78 is 11.3. The minimum Gasteiger partial charge on any atom is -0.493 e. The third-order valence-corrected chi connectivity index (χ3v) is 6.04. The lowest BCUT2D eigenvalue weighted by Crippen LogP contribution is -2.23. The van der Waals surface area contributed by atoms with E-state index >= 15 is 0 Å². The van der Waals surface area contributed by atoms with Gasteiger partial charge < -0.3 is 20.1 Å². The highest BCUT2D eigenvalue weighted by molar-refractivity contribution is 5.95. The average molecular weight is 459 g/mol. The molecule has 0 aromatic heterocycles. The predicted octanol–water partition coefficient (Wildman–Crippen LogP) is 5.33. The molecule has 0 radical (unpaired) electrons. The summed E-state index contributed by atoms with van der Waals surface area (Å²) in [6, 6.07) is 22.6. The largest absolute Gasteiger partial charge is 0.493 e. The molecule has 6 heteroatoms. The van der Waals surface area contributed by atoms with E-state index in [9.17, 15) is 9.59 Å². The van der Waals surface area contributed by atoms with Crippen LogP contribution in [0.2, 0.25) is 0 Å². The standard InChI is InChI=1S/C28H30N2O4/c1-33-26-17-23(14-15-25(26)34-19-20-8-3-2-4-9-20)27(31)29-18-21-10-7-13-24(16-21)30-28(32)22-11-5-6-12-22/h2-4,7-10,13-17,22H,5-6,11-12,18-19H2,1H3,(H,29,31)(H,30,32). The van der Waals surface area contributed by atoms with Gasteiger partial charge in [-0.2, -0.15) is 0 Å². The lowest BCUT2D eigenvalue weighted by molar-refractivity contribution is -0.119. The Kier molecular flexibility index (Phi) is 7.81. The molecule has 0 unspecified atom stereocenters. The molecule has 0 aliphatic heterocycles. The highest BCUT2D eigenvalue weighted by Crippen LogP contribution is 2.29. The lowest BCUT2D eigenvalue weighted by atomic mass is 10.1. The van der Waals surface area contributed by atoms with Crippen LogP contribution in [0.15, 0.2) is 72.8 Å². The van der Waals surface area contributed by atoms with Gasteiger partial charge in [0, 0.05) is 23.7 Å². The van der Waals surface area contributed by atoms with E-state index in [1.54, 1.807) is 25.3 Å². The normalized spacial score (nSPS) is 13.3. The molecular formula is C28H30N2O4. The Labute approximate surface area is 200 Å². The number of ether oxygens (including phenoxy) is 2. The van der Waals surface area contributed by atoms with Crippen LogP contribution in [0.5, 0.6) is 11.5 Å². The molecule has 1 saturated carbocycles. The fraction of sp³-hybridized carbons (Fsp3) is 0.286. The number of anilines is 1. The van der Waals surface area contributed by atoms with Crippen molar-refractivity contribution in [3.05, 3.63) is 89.5 Å². The number of amides is 2. The second-order valence-corrected chi connectivity index (χ2v) is 8.49. The van der Waals surface area contributed by atoms with Gasteiger partial charge in [0.1, 0.15) is 6.61 Å². The molecule has 34 heavy (non-hydrogen) atoms. The van der Waals surface area contributed by atoms with Crippen molar-refractivity contribution < 1.29 is 19.1 Å². The quantitative estimate of drug-likeness (QED) is 0.454. The maximum Gasteiger partial charge on any atom is 0.251 e. The minimum absolute atomic E-state index is 0.0837. The van der Waals surface area contributed by atoms with E-state index in [4.69, 9.17) is 9.47 Å². The van der Waals surface area contributed by atoms with Gasteiger partial charge in [0.2, 0.25) is 5.91 Å². The Bertz CT molecular complexity index is 1120. The summed E-state index contributed by atoms with van der Waals surface area (Å²) in [7, 11) is 1.55. The molecule has 3 aromatic rings. The maximum atomic E-state index is 12.7. The third-order valence-electron chi connectivity index (χ3n) is 6.04. The van der Waals surface area contributed by atoms with Gasteiger partial charge in [0.25, 0.3) is 5.91 Å². The van der Waals surface area contributed by atoms with E-state index in [-0.39, 0.29) is 17.7 Å². The van der Waals surface area contributed by atoms with Crippen molar-refractivity contribution >= 4 is 17.5 Å². The second kappa shape index (κ2) is 11.4. The monoisotopic (exact) mass is 458 g/mol. The zero-order valence-electron chi connectivity index (χ0n) is 19.4. The van der Waals surface area contributed by atoms with Crippen LogP contribution >= 0.6 is 0 Å². The van der Waals surface area contributed by atoms with Crippen molar-refractivity contribution in [3.8, 4) is 11.5 Å². The third kappa shape index (κ3) is 6.16. The van der Waals surface area contributed by atoms with Gasteiger partial charge in [-0.1, -0.05) is 55.3 Å². The Morgan fingerprint density at radius 1 is 0.882 bits per heavy atom. The molecule has 4 rings (SSSR count). The fourth-order valence-electron chi connectivity index (χ4n) is 4.14. The number of carbonyl (C=O) groups excluding carboxylic acids is 2. The molecular weight excluding hydrogens is 428 g/mol. The molecule has 6 nitrogen and oxygen atoms in total. The van der Waals surface area contributed by atoms with Crippen LogP contribution in [0.1, 0.15) is 47.2 Å². The van der Waals surface area contributed by atoms with E-state index in [2.05, 4.69) is 10.6 Å². The Hall–Kier alpha value is -3.80. The van der Waals surface area contributed by atoms with E-state index in [1.807, 2.05) is 54.6 Å². The zero-order valence-corrected chi connectivity index (χ0v) is 19.4. The molecule has 1 aliphatic rings. The summed E-state index contributed by atoms with van der Waals surface area (Å²) in [6.07, 6.45) is 4.16. The van der Waals surface area contributed by atoms with Gasteiger partial charge in [0.05, 0.1) is 7.11 Å². The number of benzene rings is 3. The number of carbonyl (C=O) groups is 2. The SMILES string of the molecule is COc1cc(C(=O)NCc2cccc(NC(=O)C3CCCC3)c2)ccc1OCc1ccccc1. The summed E-state index contributed by atoms with van der Waals surface area (Å²) >= 11 is 0. The number of nitrogens with one attached hydrogen (secondary N) is 2. The van der Waals surface area contributed by atoms with Crippen molar-refractivity contribution in [1.29, 1.82) is 0 Å². The smallest absolute Gasteiger partial charge is 0.251 e.